The minimum Gasteiger partial charge on any atom is -0.480 e. The topological polar surface area (TPSA) is 61.0 Å². The van der Waals surface area contributed by atoms with Crippen LogP contribution in [0.2, 0.25) is 0 Å². The third-order valence-corrected chi connectivity index (χ3v) is 3.58. The van der Waals surface area contributed by atoms with Crippen molar-refractivity contribution < 1.29 is 9.26 Å². The summed E-state index contributed by atoms with van der Waals surface area (Å²) >= 11 is 0. The molecule has 3 aromatic rings. The Morgan fingerprint density at radius 1 is 1.18 bits per heavy atom. The van der Waals surface area contributed by atoms with Crippen LogP contribution in [0, 0.1) is 6.92 Å². The Morgan fingerprint density at radius 2 is 2.05 bits per heavy atom. The van der Waals surface area contributed by atoms with Gasteiger partial charge in [-0.15, -0.1) is 0 Å². The lowest BCUT2D eigenvalue weighted by Crippen LogP contribution is -1.94. The molecule has 0 saturated carbocycles. The van der Waals surface area contributed by atoms with Crippen LogP contribution in [-0.4, -0.2) is 22.2 Å². The van der Waals surface area contributed by atoms with Crippen molar-refractivity contribution in [3.8, 4) is 17.3 Å². The van der Waals surface area contributed by atoms with E-state index in [4.69, 9.17) is 9.26 Å². The normalized spacial score (nSPS) is 11.0. The average Bonchev–Trinajstić information content (AvgIpc) is 3.00. The highest BCUT2D eigenvalue weighted by Gasteiger charge is 2.15. The Kier molecular flexibility index (Phi) is 4.04. The van der Waals surface area contributed by atoms with E-state index >= 15 is 0 Å². The quantitative estimate of drug-likeness (QED) is 0.713. The summed E-state index contributed by atoms with van der Waals surface area (Å²) in [5.74, 6) is 1.70. The Morgan fingerprint density at radius 3 is 2.82 bits per heavy atom. The van der Waals surface area contributed by atoms with Crippen molar-refractivity contribution in [2.75, 3.05) is 7.11 Å². The van der Waals surface area contributed by atoms with Gasteiger partial charge in [-0.1, -0.05) is 30.1 Å². The molecule has 0 amide bonds. The van der Waals surface area contributed by atoms with E-state index in [0.717, 1.165) is 35.7 Å². The third-order valence-electron chi connectivity index (χ3n) is 3.58. The van der Waals surface area contributed by atoms with Gasteiger partial charge in [-0.2, -0.15) is 4.98 Å². The lowest BCUT2D eigenvalue weighted by molar-refractivity contribution is 0.374. The number of benzene rings is 1. The maximum absolute atomic E-state index is 5.40. The van der Waals surface area contributed by atoms with E-state index in [1.165, 1.54) is 5.56 Å². The molecule has 0 unspecified atom stereocenters. The minimum absolute atomic E-state index is 0.513. The summed E-state index contributed by atoms with van der Waals surface area (Å²) < 4.78 is 10.7. The number of hydrogen-bond acceptors (Lipinski definition) is 5. The predicted octanol–water partition coefficient (Wildman–Crippen LogP) is 3.94. The van der Waals surface area contributed by atoms with Gasteiger partial charge in [0.2, 0.25) is 17.6 Å². The zero-order chi connectivity index (χ0) is 15.5. The molecular formula is C17H19N3O2. The van der Waals surface area contributed by atoms with E-state index in [9.17, 15) is 0 Å². The van der Waals surface area contributed by atoms with Crippen LogP contribution in [-0.2, 0) is 6.42 Å². The van der Waals surface area contributed by atoms with E-state index in [-0.39, 0.29) is 0 Å². The van der Waals surface area contributed by atoms with Gasteiger partial charge in [0.1, 0.15) is 0 Å². The first-order valence-corrected chi connectivity index (χ1v) is 7.49. The van der Waals surface area contributed by atoms with Gasteiger partial charge in [0.25, 0.3) is 0 Å². The summed E-state index contributed by atoms with van der Waals surface area (Å²) in [6.07, 6.45) is 2.93. The summed E-state index contributed by atoms with van der Waals surface area (Å²) in [5.41, 5.74) is 2.83. The Labute approximate surface area is 129 Å². The minimum atomic E-state index is 0.513. The molecule has 0 spiro atoms. The van der Waals surface area contributed by atoms with Crippen LogP contribution in [0.4, 0.5) is 0 Å². The van der Waals surface area contributed by atoms with Crippen molar-refractivity contribution in [1.82, 2.24) is 15.1 Å². The lowest BCUT2D eigenvalue weighted by Gasteiger charge is -2.07. The number of fused-ring (bicyclic) bond motifs is 1. The zero-order valence-corrected chi connectivity index (χ0v) is 13.1. The predicted molar refractivity (Wildman–Crippen MR) is 84.9 cm³/mol. The molecule has 0 N–H and O–H groups in total. The van der Waals surface area contributed by atoms with Crippen LogP contribution in [0.25, 0.3) is 22.3 Å². The van der Waals surface area contributed by atoms with Crippen molar-refractivity contribution in [3.63, 3.8) is 0 Å². The van der Waals surface area contributed by atoms with Crippen LogP contribution in [0.3, 0.4) is 0 Å². The molecule has 3 rings (SSSR count). The second-order valence-electron chi connectivity index (χ2n) is 5.36. The highest BCUT2D eigenvalue weighted by molar-refractivity contribution is 5.85. The Bertz CT molecular complexity index is 796. The highest BCUT2D eigenvalue weighted by atomic mass is 16.5. The summed E-state index contributed by atoms with van der Waals surface area (Å²) in [6, 6.07) is 8.11. The molecule has 0 fully saturated rings. The second kappa shape index (κ2) is 6.13. The van der Waals surface area contributed by atoms with E-state index in [2.05, 4.69) is 35.0 Å². The van der Waals surface area contributed by atoms with Gasteiger partial charge in [0, 0.05) is 11.8 Å². The fraction of sp³-hybridized carbons (Fsp3) is 0.353. The average molecular weight is 297 g/mol. The summed E-state index contributed by atoms with van der Waals surface area (Å²) in [7, 11) is 1.60. The molecule has 1 aromatic carbocycles. The van der Waals surface area contributed by atoms with Gasteiger partial charge >= 0.3 is 0 Å². The standard InChI is InChI=1S/C17H19N3O2/c1-4-5-6-15-19-16(20-22-15)13-10-12-9-11(2)7-8-14(12)18-17(13)21-3/h7-10H,4-6H2,1-3H3. The van der Waals surface area contributed by atoms with Crippen molar-refractivity contribution >= 4 is 10.9 Å². The summed E-state index contributed by atoms with van der Waals surface area (Å²) in [5, 5.41) is 5.11. The van der Waals surface area contributed by atoms with Gasteiger partial charge in [0.15, 0.2) is 0 Å². The molecule has 0 aliphatic carbocycles. The molecule has 2 aromatic heterocycles. The summed E-state index contributed by atoms with van der Waals surface area (Å²) in [6.45, 7) is 4.19. The van der Waals surface area contributed by atoms with E-state index in [1.54, 1.807) is 7.11 Å². The number of ether oxygens (including phenoxy) is 1. The van der Waals surface area contributed by atoms with Crippen LogP contribution in [0.5, 0.6) is 5.88 Å². The van der Waals surface area contributed by atoms with Crippen molar-refractivity contribution in [2.24, 2.45) is 0 Å². The van der Waals surface area contributed by atoms with Crippen LogP contribution >= 0.6 is 0 Å². The van der Waals surface area contributed by atoms with Crippen molar-refractivity contribution in [3.05, 3.63) is 35.7 Å². The fourth-order valence-electron chi connectivity index (χ4n) is 2.39. The number of methoxy groups -OCH3 is 1. The molecule has 0 radical (unpaired) electrons. The molecule has 5 nitrogen and oxygen atoms in total. The van der Waals surface area contributed by atoms with E-state index < -0.39 is 0 Å². The van der Waals surface area contributed by atoms with Gasteiger partial charge in [-0.25, -0.2) is 4.98 Å². The van der Waals surface area contributed by atoms with Crippen LogP contribution < -0.4 is 4.74 Å². The Balaban J connectivity index is 2.06. The maximum Gasteiger partial charge on any atom is 0.226 e. The van der Waals surface area contributed by atoms with Crippen molar-refractivity contribution in [2.45, 2.75) is 33.1 Å². The molecule has 2 heterocycles. The smallest absolute Gasteiger partial charge is 0.226 e. The first kappa shape index (κ1) is 14.5. The largest absolute Gasteiger partial charge is 0.480 e. The molecule has 0 bridgehead atoms. The van der Waals surface area contributed by atoms with Gasteiger partial charge < -0.3 is 9.26 Å². The number of nitrogens with zero attached hydrogens (tertiary/aromatic N) is 3. The first-order valence-electron chi connectivity index (χ1n) is 7.49. The maximum atomic E-state index is 5.40. The van der Waals surface area contributed by atoms with Crippen LogP contribution in [0.15, 0.2) is 28.8 Å². The monoisotopic (exact) mass is 297 g/mol. The van der Waals surface area contributed by atoms with Gasteiger partial charge in [-0.05, 0) is 31.5 Å². The molecule has 22 heavy (non-hydrogen) atoms. The third kappa shape index (κ3) is 2.79. The van der Waals surface area contributed by atoms with Gasteiger partial charge in [0.05, 0.1) is 18.2 Å². The molecule has 5 heteroatoms. The summed E-state index contributed by atoms with van der Waals surface area (Å²) in [4.78, 5) is 9.00. The lowest BCUT2D eigenvalue weighted by atomic mass is 10.1. The zero-order valence-electron chi connectivity index (χ0n) is 13.1. The number of rotatable bonds is 5. The van der Waals surface area contributed by atoms with Gasteiger partial charge in [-0.3, -0.25) is 0 Å². The molecule has 0 aliphatic rings. The molecule has 0 aliphatic heterocycles. The van der Waals surface area contributed by atoms with E-state index in [1.807, 2.05) is 18.2 Å². The SMILES string of the molecule is CCCCc1nc(-c2cc3cc(C)ccc3nc2OC)no1. The molecular weight excluding hydrogens is 278 g/mol. The molecule has 0 saturated heterocycles. The second-order valence-corrected chi connectivity index (χ2v) is 5.36. The number of aromatic nitrogens is 3. The first-order chi connectivity index (χ1) is 10.7. The van der Waals surface area contributed by atoms with Crippen molar-refractivity contribution in [1.29, 1.82) is 0 Å². The van der Waals surface area contributed by atoms with Crippen LogP contribution in [0.1, 0.15) is 31.2 Å². The number of pyridine rings is 1. The number of hydrogen-bond donors (Lipinski definition) is 0. The van der Waals surface area contributed by atoms with E-state index in [0.29, 0.717) is 17.6 Å². The Hall–Kier alpha value is -2.43. The number of unbranched alkanes of at least 4 members (excludes halogenated alkanes) is 1. The molecule has 0 atom stereocenters. The highest BCUT2D eigenvalue weighted by Crippen LogP contribution is 2.30. The fourth-order valence-corrected chi connectivity index (χ4v) is 2.39. The molecule has 114 valence electrons. The number of aryl methyl sites for hydroxylation is 2.